The van der Waals surface area contributed by atoms with Gasteiger partial charge in [-0.2, -0.15) is 0 Å². The number of aryl methyl sites for hydroxylation is 2. The molecule has 0 saturated carbocycles. The lowest BCUT2D eigenvalue weighted by Gasteiger charge is -2.24. The van der Waals surface area contributed by atoms with E-state index in [1.165, 1.54) is 0 Å². The molecule has 186 valence electrons. The van der Waals surface area contributed by atoms with E-state index in [0.717, 1.165) is 40.2 Å². The summed E-state index contributed by atoms with van der Waals surface area (Å²) in [6.45, 7) is 4.99. The number of benzene rings is 2. The van der Waals surface area contributed by atoms with Gasteiger partial charge in [0.15, 0.2) is 11.3 Å². The third-order valence-corrected chi connectivity index (χ3v) is 6.47. The highest BCUT2D eigenvalue weighted by Crippen LogP contribution is 2.20. The number of methoxy groups -OCH3 is 1. The molecule has 2 amide bonds. The first-order valence-corrected chi connectivity index (χ1v) is 11.9. The average Bonchev–Trinajstić information content (AvgIpc) is 3.31. The van der Waals surface area contributed by atoms with Gasteiger partial charge in [0.1, 0.15) is 12.1 Å². The van der Waals surface area contributed by atoms with Crippen LogP contribution >= 0.6 is 0 Å². The molecule has 4 rings (SSSR count). The van der Waals surface area contributed by atoms with Gasteiger partial charge in [0.05, 0.1) is 7.11 Å². The molecule has 0 spiro atoms. The highest BCUT2D eigenvalue weighted by atomic mass is 16.5. The van der Waals surface area contributed by atoms with Gasteiger partial charge in [-0.05, 0) is 55.5 Å². The fraction of sp³-hybridized carbons (Fsp3) is 0.286. The smallest absolute Gasteiger partial charge is 0.271 e. The van der Waals surface area contributed by atoms with E-state index in [4.69, 9.17) is 10.5 Å². The summed E-state index contributed by atoms with van der Waals surface area (Å²) >= 11 is 0. The molecular weight excluding hydrogens is 454 g/mol. The van der Waals surface area contributed by atoms with E-state index in [1.807, 2.05) is 73.3 Å². The van der Waals surface area contributed by atoms with Crippen LogP contribution in [0, 0.1) is 13.8 Å². The predicted molar refractivity (Wildman–Crippen MR) is 138 cm³/mol. The summed E-state index contributed by atoms with van der Waals surface area (Å²) < 4.78 is 7.01. The van der Waals surface area contributed by atoms with Gasteiger partial charge in [0, 0.05) is 30.9 Å². The highest BCUT2D eigenvalue weighted by molar-refractivity contribution is 5.96. The molecule has 0 aliphatic carbocycles. The van der Waals surface area contributed by atoms with E-state index in [2.05, 4.69) is 9.97 Å². The number of fused-ring (bicyclic) bond motifs is 1. The zero-order valence-electron chi connectivity index (χ0n) is 20.9. The van der Waals surface area contributed by atoms with Crippen LogP contribution in [0.5, 0.6) is 5.75 Å². The first kappa shape index (κ1) is 24.9. The number of rotatable bonds is 10. The van der Waals surface area contributed by atoms with Crippen LogP contribution in [0.3, 0.4) is 0 Å². The molecule has 8 heteroatoms. The number of nitrogens with zero attached hydrogens (tertiary/aromatic N) is 4. The van der Waals surface area contributed by atoms with E-state index in [1.54, 1.807) is 17.8 Å². The van der Waals surface area contributed by atoms with Crippen LogP contribution < -0.4 is 10.5 Å². The zero-order valence-corrected chi connectivity index (χ0v) is 20.9. The van der Waals surface area contributed by atoms with Crippen LogP contribution in [-0.4, -0.2) is 44.7 Å². The second-order valence-corrected chi connectivity index (χ2v) is 8.81. The van der Waals surface area contributed by atoms with Crippen molar-refractivity contribution in [1.82, 2.24) is 19.3 Å². The summed E-state index contributed by atoms with van der Waals surface area (Å²) in [6, 6.07) is 18.0. The molecule has 2 aromatic heterocycles. The van der Waals surface area contributed by atoms with E-state index in [0.29, 0.717) is 31.6 Å². The lowest BCUT2D eigenvalue weighted by atomic mass is 10.0. The first-order valence-electron chi connectivity index (χ1n) is 11.9. The molecule has 2 heterocycles. The standard InChI is InChI=1S/C28H31N5O3/c1-19-24(20(2)33-18-30-26(27(29)35)28(33)31-19)13-14-25(34)32(17-22-7-5-4-6-8-22)16-15-21-9-11-23(36-3)12-10-21/h4-12,18H,13-17H2,1-3H3,(H2,29,35). The molecule has 0 aliphatic heterocycles. The van der Waals surface area contributed by atoms with Gasteiger partial charge in [-0.25, -0.2) is 9.97 Å². The summed E-state index contributed by atoms with van der Waals surface area (Å²) in [5.41, 5.74) is 10.9. The van der Waals surface area contributed by atoms with Gasteiger partial charge in [0.25, 0.3) is 5.91 Å². The van der Waals surface area contributed by atoms with Crippen molar-refractivity contribution in [3.05, 3.63) is 94.7 Å². The molecular formula is C28H31N5O3. The molecule has 0 atom stereocenters. The van der Waals surface area contributed by atoms with Crippen LogP contribution in [0.1, 0.15) is 45.0 Å². The lowest BCUT2D eigenvalue weighted by Crippen LogP contribution is -2.32. The highest BCUT2D eigenvalue weighted by Gasteiger charge is 2.19. The van der Waals surface area contributed by atoms with Crippen molar-refractivity contribution in [1.29, 1.82) is 0 Å². The summed E-state index contributed by atoms with van der Waals surface area (Å²) in [7, 11) is 1.65. The van der Waals surface area contributed by atoms with Crippen LogP contribution in [0.15, 0.2) is 60.9 Å². The number of nitrogens with two attached hydrogens (primary N) is 1. The Balaban J connectivity index is 1.50. The Morgan fingerprint density at radius 1 is 1.00 bits per heavy atom. The Hall–Kier alpha value is -4.20. The molecule has 2 aromatic carbocycles. The number of aromatic nitrogens is 3. The first-order chi connectivity index (χ1) is 17.4. The van der Waals surface area contributed by atoms with Gasteiger partial charge >= 0.3 is 0 Å². The maximum Gasteiger partial charge on any atom is 0.271 e. The van der Waals surface area contributed by atoms with Gasteiger partial charge in [0.2, 0.25) is 5.91 Å². The van der Waals surface area contributed by atoms with Crippen molar-refractivity contribution in [3.63, 3.8) is 0 Å². The number of carbonyl (C=O) groups excluding carboxylic acids is 2. The molecule has 0 radical (unpaired) electrons. The summed E-state index contributed by atoms with van der Waals surface area (Å²) in [5.74, 6) is 0.281. The number of ether oxygens (including phenoxy) is 1. The Morgan fingerprint density at radius 2 is 1.72 bits per heavy atom. The number of imidazole rings is 1. The number of amides is 2. The summed E-state index contributed by atoms with van der Waals surface area (Å²) in [6.07, 6.45) is 3.19. The summed E-state index contributed by atoms with van der Waals surface area (Å²) in [4.78, 5) is 35.7. The number of primary amides is 1. The van der Waals surface area contributed by atoms with Crippen molar-refractivity contribution < 1.29 is 14.3 Å². The van der Waals surface area contributed by atoms with E-state index < -0.39 is 5.91 Å². The number of carbonyl (C=O) groups is 2. The largest absolute Gasteiger partial charge is 0.497 e. The molecule has 8 nitrogen and oxygen atoms in total. The van der Waals surface area contributed by atoms with Crippen molar-refractivity contribution in [2.75, 3.05) is 13.7 Å². The van der Waals surface area contributed by atoms with Crippen LogP contribution in [0.4, 0.5) is 0 Å². The number of hydrogen-bond donors (Lipinski definition) is 1. The quantitative estimate of drug-likeness (QED) is 0.369. The van der Waals surface area contributed by atoms with Crippen LogP contribution in [-0.2, 0) is 24.2 Å². The van der Waals surface area contributed by atoms with E-state index >= 15 is 0 Å². The van der Waals surface area contributed by atoms with Crippen molar-refractivity contribution in [2.45, 2.75) is 39.7 Å². The Morgan fingerprint density at radius 3 is 2.39 bits per heavy atom. The minimum absolute atomic E-state index is 0.0784. The molecule has 0 unspecified atom stereocenters. The van der Waals surface area contributed by atoms with Crippen molar-refractivity contribution in [3.8, 4) is 5.75 Å². The van der Waals surface area contributed by atoms with Gasteiger partial charge < -0.3 is 15.4 Å². The molecule has 0 aliphatic rings. The van der Waals surface area contributed by atoms with Gasteiger partial charge in [-0.1, -0.05) is 42.5 Å². The fourth-order valence-electron chi connectivity index (χ4n) is 4.41. The van der Waals surface area contributed by atoms with Crippen LogP contribution in [0.2, 0.25) is 0 Å². The molecule has 2 N–H and O–H groups in total. The number of hydrogen-bond acceptors (Lipinski definition) is 5. The van der Waals surface area contributed by atoms with Gasteiger partial charge in [-0.3, -0.25) is 14.0 Å². The van der Waals surface area contributed by atoms with Crippen molar-refractivity contribution in [2.24, 2.45) is 5.73 Å². The molecule has 0 saturated heterocycles. The average molecular weight is 486 g/mol. The van der Waals surface area contributed by atoms with Crippen LogP contribution in [0.25, 0.3) is 5.65 Å². The third-order valence-electron chi connectivity index (χ3n) is 6.47. The zero-order chi connectivity index (χ0) is 25.7. The SMILES string of the molecule is COc1ccc(CCN(Cc2ccccc2)C(=O)CCc2c(C)nc3c(C(N)=O)ncn3c2C)cc1. The Kier molecular flexibility index (Phi) is 7.63. The minimum atomic E-state index is -0.611. The maximum absolute atomic E-state index is 13.4. The van der Waals surface area contributed by atoms with Gasteiger partial charge in [-0.15, -0.1) is 0 Å². The predicted octanol–water partition coefficient (Wildman–Crippen LogP) is 3.66. The monoisotopic (exact) mass is 485 g/mol. The van der Waals surface area contributed by atoms with Crippen molar-refractivity contribution >= 4 is 17.5 Å². The minimum Gasteiger partial charge on any atom is -0.497 e. The Labute approximate surface area is 210 Å². The lowest BCUT2D eigenvalue weighted by molar-refractivity contribution is -0.131. The normalized spacial score (nSPS) is 11.0. The molecule has 0 bridgehead atoms. The molecule has 36 heavy (non-hydrogen) atoms. The second kappa shape index (κ2) is 11.0. The summed E-state index contributed by atoms with van der Waals surface area (Å²) in [5, 5.41) is 0. The third kappa shape index (κ3) is 5.54. The second-order valence-electron chi connectivity index (χ2n) is 8.81. The van der Waals surface area contributed by atoms with E-state index in [-0.39, 0.29) is 11.6 Å². The Bertz CT molecular complexity index is 1360. The van der Waals surface area contributed by atoms with E-state index in [9.17, 15) is 9.59 Å². The fourth-order valence-corrected chi connectivity index (χ4v) is 4.41. The maximum atomic E-state index is 13.4. The molecule has 0 fully saturated rings. The molecule has 4 aromatic rings. The topological polar surface area (TPSA) is 103 Å².